The van der Waals surface area contributed by atoms with Crippen molar-refractivity contribution in [3.63, 3.8) is 0 Å². The fourth-order valence-corrected chi connectivity index (χ4v) is 5.00. The maximum Gasteiger partial charge on any atom is 0.331 e. The van der Waals surface area contributed by atoms with E-state index >= 15 is 4.39 Å². The number of hydrogen-bond donors (Lipinski definition) is 0. The summed E-state index contributed by atoms with van der Waals surface area (Å²) in [7, 11) is 3.10. The normalized spacial score (nSPS) is 14.5. The molecule has 0 aliphatic carbocycles. The highest BCUT2D eigenvalue weighted by atomic mass is 19.1. The lowest BCUT2D eigenvalue weighted by Gasteiger charge is -2.30. The Labute approximate surface area is 200 Å². The van der Waals surface area contributed by atoms with Crippen LogP contribution in [0.5, 0.6) is 5.75 Å². The second kappa shape index (κ2) is 7.56. The maximum atomic E-state index is 15.1. The zero-order valence-corrected chi connectivity index (χ0v) is 19.4. The van der Waals surface area contributed by atoms with E-state index in [-0.39, 0.29) is 0 Å². The third-order valence-corrected chi connectivity index (χ3v) is 6.72. The van der Waals surface area contributed by atoms with Gasteiger partial charge in [-0.15, -0.1) is 0 Å². The molecule has 3 heterocycles. The number of para-hydroxylation sites is 2. The minimum atomic E-state index is -0.870. The Kier molecular flexibility index (Phi) is 4.57. The summed E-state index contributed by atoms with van der Waals surface area (Å²) in [6.45, 7) is 2.00. The number of aryl methyl sites for hydroxylation is 2. The smallest absolute Gasteiger partial charge is 0.331 e. The number of ether oxygens (including phenoxy) is 1. The second-order valence-corrected chi connectivity index (χ2v) is 8.85. The van der Waals surface area contributed by atoms with E-state index in [0.717, 1.165) is 21.4 Å². The summed E-state index contributed by atoms with van der Waals surface area (Å²) >= 11 is 0. The molecule has 0 unspecified atom stereocenters. The third kappa shape index (κ3) is 2.94. The summed E-state index contributed by atoms with van der Waals surface area (Å²) in [6, 6.07) is 21.8. The van der Waals surface area contributed by atoms with Crippen LogP contribution < -0.4 is 16.0 Å². The predicted octanol–water partition coefficient (Wildman–Crippen LogP) is 4.62. The van der Waals surface area contributed by atoms with Gasteiger partial charge in [0.1, 0.15) is 11.6 Å². The molecule has 1 aliphatic rings. The highest BCUT2D eigenvalue weighted by Gasteiger charge is 2.37. The molecule has 0 saturated heterocycles. The van der Waals surface area contributed by atoms with Crippen LogP contribution in [-0.2, 0) is 14.1 Å². The topological polar surface area (TPSA) is 58.2 Å². The van der Waals surface area contributed by atoms with Crippen molar-refractivity contribution >= 4 is 10.9 Å². The maximum absolute atomic E-state index is 15.1. The largest absolute Gasteiger partial charge is 0.477 e. The summed E-state index contributed by atoms with van der Waals surface area (Å²) in [4.78, 5) is 26.7. The average Bonchev–Trinajstić information content (AvgIpc) is 3.23. The first kappa shape index (κ1) is 21.2. The van der Waals surface area contributed by atoms with Gasteiger partial charge in [-0.1, -0.05) is 60.2 Å². The first-order valence-corrected chi connectivity index (χ1v) is 11.3. The van der Waals surface area contributed by atoms with Crippen molar-refractivity contribution in [1.82, 2.24) is 13.7 Å². The van der Waals surface area contributed by atoms with Crippen molar-refractivity contribution in [2.75, 3.05) is 0 Å². The lowest BCUT2D eigenvalue weighted by molar-refractivity contribution is 0.224. The Morgan fingerprint density at radius 2 is 1.54 bits per heavy atom. The van der Waals surface area contributed by atoms with Gasteiger partial charge in [-0.05, 0) is 30.7 Å². The Morgan fingerprint density at radius 1 is 0.857 bits per heavy atom. The Bertz CT molecular complexity index is 1760. The van der Waals surface area contributed by atoms with Crippen molar-refractivity contribution in [2.24, 2.45) is 14.1 Å². The van der Waals surface area contributed by atoms with Gasteiger partial charge in [0.05, 0.1) is 28.0 Å². The monoisotopic (exact) mass is 467 g/mol. The summed E-state index contributed by atoms with van der Waals surface area (Å²) in [5.41, 5.74) is 3.67. The molecule has 1 atom stereocenters. The fourth-order valence-electron chi connectivity index (χ4n) is 5.00. The number of aromatic nitrogens is 3. The number of rotatable bonds is 2. The van der Waals surface area contributed by atoms with Crippen LogP contribution in [0, 0.1) is 12.7 Å². The first-order valence-electron chi connectivity index (χ1n) is 11.3. The van der Waals surface area contributed by atoms with E-state index in [1.54, 1.807) is 25.2 Å². The van der Waals surface area contributed by atoms with Gasteiger partial charge in [0.2, 0.25) is 0 Å². The van der Waals surface area contributed by atoms with Gasteiger partial charge < -0.3 is 9.30 Å². The highest BCUT2D eigenvalue weighted by molar-refractivity contribution is 5.98. The van der Waals surface area contributed by atoms with Gasteiger partial charge in [-0.3, -0.25) is 13.9 Å². The van der Waals surface area contributed by atoms with E-state index in [0.29, 0.717) is 33.6 Å². The zero-order chi connectivity index (χ0) is 24.4. The lowest BCUT2D eigenvalue weighted by atomic mass is 10.0. The molecule has 6 nitrogen and oxygen atoms in total. The predicted molar refractivity (Wildman–Crippen MR) is 133 cm³/mol. The summed E-state index contributed by atoms with van der Waals surface area (Å²) in [5, 5.41) is 0.384. The summed E-state index contributed by atoms with van der Waals surface area (Å²) < 4.78 is 26.0. The molecule has 0 bridgehead atoms. The number of benzene rings is 3. The van der Waals surface area contributed by atoms with Crippen molar-refractivity contribution < 1.29 is 9.13 Å². The van der Waals surface area contributed by atoms with Crippen molar-refractivity contribution in [2.45, 2.75) is 13.0 Å². The molecule has 6 rings (SSSR count). The Hall–Kier alpha value is -4.39. The van der Waals surface area contributed by atoms with Crippen LogP contribution in [0.15, 0.2) is 82.4 Å². The molecule has 0 spiro atoms. The van der Waals surface area contributed by atoms with Crippen LogP contribution >= 0.6 is 0 Å². The molecule has 2 aromatic heterocycles. The van der Waals surface area contributed by atoms with E-state index in [4.69, 9.17) is 4.74 Å². The zero-order valence-electron chi connectivity index (χ0n) is 19.4. The van der Waals surface area contributed by atoms with Crippen LogP contribution in [0.1, 0.15) is 22.9 Å². The molecular formula is C28H22FN3O3. The first-order chi connectivity index (χ1) is 16.9. The molecule has 0 saturated carbocycles. The number of fused-ring (bicyclic) bond motifs is 5. The van der Waals surface area contributed by atoms with E-state index in [2.05, 4.69) is 0 Å². The Morgan fingerprint density at radius 3 is 2.29 bits per heavy atom. The lowest BCUT2D eigenvalue weighted by Crippen LogP contribution is -2.37. The second-order valence-electron chi connectivity index (χ2n) is 8.85. The van der Waals surface area contributed by atoms with Crippen LogP contribution in [0.25, 0.3) is 27.8 Å². The molecule has 35 heavy (non-hydrogen) atoms. The molecule has 0 N–H and O–H groups in total. The van der Waals surface area contributed by atoms with Gasteiger partial charge >= 0.3 is 5.69 Å². The molecule has 174 valence electrons. The fraction of sp³-hybridized carbons (Fsp3) is 0.143. The van der Waals surface area contributed by atoms with Gasteiger partial charge in [-0.2, -0.15) is 0 Å². The van der Waals surface area contributed by atoms with Crippen LogP contribution in [0.3, 0.4) is 0 Å². The van der Waals surface area contributed by atoms with Gasteiger partial charge in [-0.25, -0.2) is 9.18 Å². The number of hydrogen-bond acceptors (Lipinski definition) is 3. The van der Waals surface area contributed by atoms with Crippen LogP contribution in [0.4, 0.5) is 4.39 Å². The van der Waals surface area contributed by atoms with Gasteiger partial charge in [0, 0.05) is 19.7 Å². The minimum absolute atomic E-state index is 0.325. The average molecular weight is 468 g/mol. The third-order valence-electron chi connectivity index (χ3n) is 6.72. The van der Waals surface area contributed by atoms with Crippen molar-refractivity contribution in [1.29, 1.82) is 0 Å². The van der Waals surface area contributed by atoms with Crippen molar-refractivity contribution in [3.05, 3.63) is 116 Å². The minimum Gasteiger partial charge on any atom is -0.477 e. The Balaban J connectivity index is 1.88. The molecule has 5 aromatic rings. The number of nitrogens with zero attached hydrogens (tertiary/aromatic N) is 3. The van der Waals surface area contributed by atoms with E-state index < -0.39 is 23.2 Å². The van der Waals surface area contributed by atoms with Gasteiger partial charge in [0.25, 0.3) is 5.56 Å². The van der Waals surface area contributed by atoms with Crippen LogP contribution in [-0.4, -0.2) is 13.7 Å². The quantitative estimate of drug-likeness (QED) is 0.381. The number of halogens is 1. The molecule has 0 radical (unpaired) electrons. The SMILES string of the molecule is Cc1ccc(-c2c3c(=O)n(C)c(=O)n(C)c3c3n2-c2ccccc2O[C@H]3c2ccccc2F)cc1. The van der Waals surface area contributed by atoms with E-state index in [9.17, 15) is 9.59 Å². The molecular weight excluding hydrogens is 445 g/mol. The molecule has 1 aliphatic heterocycles. The van der Waals surface area contributed by atoms with Gasteiger partial charge in [0.15, 0.2) is 6.10 Å². The summed E-state index contributed by atoms with van der Waals surface area (Å²) in [5.74, 6) is 0.132. The molecule has 0 fully saturated rings. The molecule has 3 aromatic carbocycles. The van der Waals surface area contributed by atoms with Crippen molar-refractivity contribution in [3.8, 4) is 22.7 Å². The molecule has 0 amide bonds. The molecule has 7 heteroatoms. The van der Waals surface area contributed by atoms with Crippen LogP contribution in [0.2, 0.25) is 0 Å². The summed E-state index contributed by atoms with van der Waals surface area (Å²) in [6.07, 6.45) is -0.870. The van der Waals surface area contributed by atoms with E-state index in [1.165, 1.54) is 17.7 Å². The van der Waals surface area contributed by atoms with E-state index in [1.807, 2.05) is 60.0 Å². The highest BCUT2D eigenvalue weighted by Crippen LogP contribution is 2.46. The standard InChI is InChI=1S/C28H22FN3O3/c1-16-12-14-17(15-13-16)23-22-24(30(2)28(34)31(3)27(22)33)25-26(18-8-4-5-9-19(18)29)35-21-11-7-6-10-20(21)32(23)25/h4-15,26H,1-3H3/t26-/m0/s1.